The number of rotatable bonds is 2. The molecular weight excluding hydrogens is 148 g/mol. The van der Waals surface area contributed by atoms with Crippen molar-refractivity contribution in [3.05, 3.63) is 11.6 Å². The minimum absolute atomic E-state index is 0.556. The van der Waals surface area contributed by atoms with E-state index in [-0.39, 0.29) is 0 Å². The standard InChI is InChI=1S/C10H20N2/c1-5-9(6-2)10-11(3)7-8-12(10)4/h5,10H,6-8H2,1-4H3/b9-5+. The van der Waals surface area contributed by atoms with Crippen molar-refractivity contribution in [1.82, 2.24) is 9.80 Å². The molecule has 0 amide bonds. The van der Waals surface area contributed by atoms with Crippen molar-refractivity contribution in [1.29, 1.82) is 0 Å². The lowest BCUT2D eigenvalue weighted by molar-refractivity contribution is 0.220. The fourth-order valence-electron chi connectivity index (χ4n) is 2.00. The van der Waals surface area contributed by atoms with Crippen LogP contribution in [0.15, 0.2) is 11.6 Å². The van der Waals surface area contributed by atoms with Crippen molar-refractivity contribution in [3.63, 3.8) is 0 Å². The molecule has 2 heteroatoms. The second kappa shape index (κ2) is 4.06. The Balaban J connectivity index is 2.71. The first-order valence-corrected chi connectivity index (χ1v) is 4.76. The number of hydrogen-bond acceptors (Lipinski definition) is 2. The summed E-state index contributed by atoms with van der Waals surface area (Å²) in [5, 5.41) is 0. The van der Waals surface area contributed by atoms with Crippen molar-refractivity contribution >= 4 is 0 Å². The van der Waals surface area contributed by atoms with Crippen LogP contribution in [0.5, 0.6) is 0 Å². The fraction of sp³-hybridized carbons (Fsp3) is 0.800. The highest BCUT2D eigenvalue weighted by Gasteiger charge is 2.27. The molecule has 1 aliphatic heterocycles. The number of hydrogen-bond donors (Lipinski definition) is 0. The van der Waals surface area contributed by atoms with Gasteiger partial charge in [-0.1, -0.05) is 13.0 Å². The second-order valence-electron chi connectivity index (χ2n) is 3.55. The number of allylic oxidation sites excluding steroid dienone is 1. The van der Waals surface area contributed by atoms with Crippen LogP contribution in [0.2, 0.25) is 0 Å². The van der Waals surface area contributed by atoms with E-state index in [1.165, 1.54) is 18.7 Å². The van der Waals surface area contributed by atoms with Crippen molar-refractivity contribution in [2.24, 2.45) is 0 Å². The molecule has 0 unspecified atom stereocenters. The molecule has 0 bridgehead atoms. The van der Waals surface area contributed by atoms with E-state index in [0.717, 1.165) is 6.42 Å². The summed E-state index contributed by atoms with van der Waals surface area (Å²) in [6.45, 7) is 6.76. The normalized spacial score (nSPS) is 23.8. The minimum Gasteiger partial charge on any atom is -0.286 e. The lowest BCUT2D eigenvalue weighted by atomic mass is 10.1. The van der Waals surface area contributed by atoms with E-state index in [2.05, 4.69) is 43.8 Å². The Morgan fingerprint density at radius 2 is 1.83 bits per heavy atom. The van der Waals surface area contributed by atoms with Gasteiger partial charge in [0.2, 0.25) is 0 Å². The quantitative estimate of drug-likeness (QED) is 0.577. The van der Waals surface area contributed by atoms with Crippen molar-refractivity contribution in [2.45, 2.75) is 26.4 Å². The predicted molar refractivity (Wildman–Crippen MR) is 53.1 cm³/mol. The zero-order valence-electron chi connectivity index (χ0n) is 8.67. The molecule has 1 rings (SSSR count). The highest BCUT2D eigenvalue weighted by Crippen LogP contribution is 2.20. The summed E-state index contributed by atoms with van der Waals surface area (Å²) in [7, 11) is 4.40. The van der Waals surface area contributed by atoms with Crippen molar-refractivity contribution < 1.29 is 0 Å². The maximum Gasteiger partial charge on any atom is 0.0840 e. The Bertz CT molecular complexity index is 165. The van der Waals surface area contributed by atoms with Gasteiger partial charge >= 0.3 is 0 Å². The smallest absolute Gasteiger partial charge is 0.0840 e. The van der Waals surface area contributed by atoms with E-state index < -0.39 is 0 Å². The Morgan fingerprint density at radius 1 is 1.33 bits per heavy atom. The van der Waals surface area contributed by atoms with Crippen LogP contribution in [0.25, 0.3) is 0 Å². The third-order valence-corrected chi connectivity index (χ3v) is 2.75. The second-order valence-corrected chi connectivity index (χ2v) is 3.55. The average Bonchev–Trinajstić information content (AvgIpc) is 2.38. The predicted octanol–water partition coefficient (Wildman–Crippen LogP) is 1.55. The van der Waals surface area contributed by atoms with Crippen LogP contribution in [0.1, 0.15) is 20.3 Å². The molecule has 12 heavy (non-hydrogen) atoms. The molecule has 0 atom stereocenters. The van der Waals surface area contributed by atoms with Gasteiger partial charge in [0, 0.05) is 13.1 Å². The Hall–Kier alpha value is -0.340. The number of likely N-dealkylation sites (N-methyl/N-ethyl adjacent to an activating group) is 2. The highest BCUT2D eigenvalue weighted by atomic mass is 15.4. The van der Waals surface area contributed by atoms with Gasteiger partial charge in [-0.15, -0.1) is 0 Å². The Morgan fingerprint density at radius 3 is 2.17 bits per heavy atom. The van der Waals surface area contributed by atoms with E-state index in [9.17, 15) is 0 Å². The largest absolute Gasteiger partial charge is 0.286 e. The molecule has 1 saturated heterocycles. The van der Waals surface area contributed by atoms with Gasteiger partial charge in [-0.05, 0) is 33.0 Å². The van der Waals surface area contributed by atoms with Crippen LogP contribution in [0, 0.1) is 0 Å². The van der Waals surface area contributed by atoms with Crippen LogP contribution in [-0.4, -0.2) is 43.2 Å². The minimum atomic E-state index is 0.556. The van der Waals surface area contributed by atoms with E-state index >= 15 is 0 Å². The molecule has 0 N–H and O–H groups in total. The lowest BCUT2D eigenvalue weighted by Gasteiger charge is -2.27. The lowest BCUT2D eigenvalue weighted by Crippen LogP contribution is -2.35. The summed E-state index contributed by atoms with van der Waals surface area (Å²) in [5.74, 6) is 0. The van der Waals surface area contributed by atoms with Crippen LogP contribution < -0.4 is 0 Å². The van der Waals surface area contributed by atoms with E-state index in [0.29, 0.717) is 6.17 Å². The van der Waals surface area contributed by atoms with Gasteiger partial charge in [0.05, 0.1) is 6.17 Å². The van der Waals surface area contributed by atoms with E-state index in [1.54, 1.807) is 0 Å². The molecule has 0 aromatic rings. The van der Waals surface area contributed by atoms with Crippen molar-refractivity contribution in [3.8, 4) is 0 Å². The summed E-state index contributed by atoms with van der Waals surface area (Å²) in [6, 6.07) is 0. The topological polar surface area (TPSA) is 6.48 Å². The van der Waals surface area contributed by atoms with Crippen LogP contribution in [-0.2, 0) is 0 Å². The Kier molecular flexibility index (Phi) is 3.29. The first-order valence-electron chi connectivity index (χ1n) is 4.76. The maximum atomic E-state index is 2.42. The third-order valence-electron chi connectivity index (χ3n) is 2.75. The first-order chi connectivity index (χ1) is 5.70. The molecule has 0 radical (unpaired) electrons. The maximum absolute atomic E-state index is 2.42. The van der Waals surface area contributed by atoms with Crippen LogP contribution in [0.4, 0.5) is 0 Å². The molecule has 0 saturated carbocycles. The van der Waals surface area contributed by atoms with Gasteiger partial charge < -0.3 is 0 Å². The summed E-state index contributed by atoms with van der Waals surface area (Å²) in [5.41, 5.74) is 1.54. The summed E-state index contributed by atoms with van der Waals surface area (Å²) < 4.78 is 0. The van der Waals surface area contributed by atoms with Gasteiger partial charge in [-0.3, -0.25) is 9.80 Å². The first kappa shape index (κ1) is 9.75. The zero-order valence-corrected chi connectivity index (χ0v) is 8.67. The van der Waals surface area contributed by atoms with Gasteiger partial charge in [0.1, 0.15) is 0 Å². The molecule has 70 valence electrons. The third kappa shape index (κ3) is 1.70. The molecule has 0 aromatic heterocycles. The molecule has 1 aliphatic rings. The fourth-order valence-corrected chi connectivity index (χ4v) is 2.00. The molecule has 2 nitrogen and oxygen atoms in total. The highest BCUT2D eigenvalue weighted by molar-refractivity contribution is 5.10. The van der Waals surface area contributed by atoms with Gasteiger partial charge in [-0.25, -0.2) is 0 Å². The summed E-state index contributed by atoms with van der Waals surface area (Å²) in [4.78, 5) is 4.83. The molecular formula is C10H20N2. The monoisotopic (exact) mass is 168 g/mol. The molecule has 1 heterocycles. The van der Waals surface area contributed by atoms with E-state index in [4.69, 9.17) is 0 Å². The zero-order chi connectivity index (χ0) is 9.14. The molecule has 0 aliphatic carbocycles. The SMILES string of the molecule is C/C=C(\CC)C1N(C)CCN1C. The molecule has 0 aromatic carbocycles. The molecule has 0 spiro atoms. The van der Waals surface area contributed by atoms with E-state index in [1.807, 2.05) is 0 Å². The summed E-state index contributed by atoms with van der Waals surface area (Å²) in [6.07, 6.45) is 3.97. The van der Waals surface area contributed by atoms with Crippen LogP contribution >= 0.6 is 0 Å². The van der Waals surface area contributed by atoms with Crippen LogP contribution in [0.3, 0.4) is 0 Å². The van der Waals surface area contributed by atoms with Gasteiger partial charge in [0.25, 0.3) is 0 Å². The number of nitrogens with zero attached hydrogens (tertiary/aromatic N) is 2. The Labute approximate surface area is 75.8 Å². The van der Waals surface area contributed by atoms with Gasteiger partial charge in [-0.2, -0.15) is 0 Å². The average molecular weight is 168 g/mol. The van der Waals surface area contributed by atoms with Gasteiger partial charge in [0.15, 0.2) is 0 Å². The van der Waals surface area contributed by atoms with Crippen molar-refractivity contribution in [2.75, 3.05) is 27.2 Å². The molecule has 1 fully saturated rings. The summed E-state index contributed by atoms with van der Waals surface area (Å²) >= 11 is 0.